The smallest absolute Gasteiger partial charge is 0.309 e. The van der Waals surface area contributed by atoms with Gasteiger partial charge in [0.1, 0.15) is 0 Å². The molecule has 8 heteroatoms. The first kappa shape index (κ1) is 22.6. The minimum Gasteiger partial charge on any atom is -0.379 e. The van der Waals surface area contributed by atoms with E-state index in [-0.39, 0.29) is 12.6 Å². The molecule has 2 amide bonds. The van der Waals surface area contributed by atoms with Crippen LogP contribution < -0.4 is 15.5 Å². The van der Waals surface area contributed by atoms with Crippen molar-refractivity contribution in [3.05, 3.63) is 64.2 Å². The largest absolute Gasteiger partial charge is 0.379 e. The number of hydrogen-bond donors (Lipinski definition) is 2. The molecule has 32 heavy (non-hydrogen) atoms. The van der Waals surface area contributed by atoms with Crippen LogP contribution in [0.4, 0.5) is 5.69 Å². The van der Waals surface area contributed by atoms with Crippen LogP contribution in [0.1, 0.15) is 22.7 Å². The average molecular weight is 457 g/mol. The summed E-state index contributed by atoms with van der Waals surface area (Å²) in [6.45, 7) is 4.57. The minimum absolute atomic E-state index is 0.0110. The second kappa shape index (κ2) is 10.3. The van der Waals surface area contributed by atoms with Crippen LogP contribution in [0.25, 0.3) is 0 Å². The zero-order chi connectivity index (χ0) is 22.5. The number of fused-ring (bicyclic) bond motifs is 1. The summed E-state index contributed by atoms with van der Waals surface area (Å²) in [6, 6.07) is 13.7. The van der Waals surface area contributed by atoms with Crippen LogP contribution in [-0.4, -0.2) is 63.2 Å². The molecule has 7 nitrogen and oxygen atoms in total. The number of carbonyl (C=O) groups is 2. The van der Waals surface area contributed by atoms with Crippen molar-refractivity contribution in [3.8, 4) is 0 Å². The Bertz CT molecular complexity index is 960. The third-order valence-electron chi connectivity index (χ3n) is 6.13. The van der Waals surface area contributed by atoms with Gasteiger partial charge < -0.3 is 20.3 Å². The summed E-state index contributed by atoms with van der Waals surface area (Å²) in [5.41, 5.74) is 4.63. The second-order valence-corrected chi connectivity index (χ2v) is 8.68. The molecule has 1 saturated heterocycles. The van der Waals surface area contributed by atoms with Gasteiger partial charge in [-0.25, -0.2) is 0 Å². The number of hydrogen-bond acceptors (Lipinski definition) is 5. The highest BCUT2D eigenvalue weighted by molar-refractivity contribution is 6.35. The normalized spacial score (nSPS) is 17.0. The molecule has 2 heterocycles. The topological polar surface area (TPSA) is 73.9 Å². The van der Waals surface area contributed by atoms with E-state index >= 15 is 0 Å². The molecule has 2 aliphatic heterocycles. The van der Waals surface area contributed by atoms with Crippen molar-refractivity contribution in [1.29, 1.82) is 0 Å². The molecule has 2 N–H and O–H groups in total. The molecule has 4 rings (SSSR count). The summed E-state index contributed by atoms with van der Waals surface area (Å²) in [7, 11) is 2.10. The van der Waals surface area contributed by atoms with Crippen molar-refractivity contribution in [2.75, 3.05) is 51.3 Å². The first-order chi connectivity index (χ1) is 15.5. The third-order valence-corrected chi connectivity index (χ3v) is 6.38. The van der Waals surface area contributed by atoms with Gasteiger partial charge in [-0.2, -0.15) is 0 Å². The van der Waals surface area contributed by atoms with Crippen LogP contribution in [0.2, 0.25) is 5.02 Å². The van der Waals surface area contributed by atoms with E-state index in [0.29, 0.717) is 24.8 Å². The van der Waals surface area contributed by atoms with Crippen molar-refractivity contribution in [1.82, 2.24) is 15.5 Å². The molecule has 2 aliphatic rings. The van der Waals surface area contributed by atoms with E-state index in [1.165, 1.54) is 11.3 Å². The molecule has 2 aromatic rings. The number of amides is 2. The lowest BCUT2D eigenvalue weighted by Crippen LogP contribution is -2.46. The minimum atomic E-state index is -0.642. The fourth-order valence-corrected chi connectivity index (χ4v) is 4.40. The van der Waals surface area contributed by atoms with Crippen molar-refractivity contribution >= 4 is 29.1 Å². The van der Waals surface area contributed by atoms with Crippen LogP contribution in [0.3, 0.4) is 0 Å². The van der Waals surface area contributed by atoms with E-state index in [9.17, 15) is 9.59 Å². The van der Waals surface area contributed by atoms with Crippen LogP contribution in [0.15, 0.2) is 42.5 Å². The molecular weight excluding hydrogens is 428 g/mol. The number of rotatable bonds is 6. The zero-order valence-electron chi connectivity index (χ0n) is 18.3. The van der Waals surface area contributed by atoms with Crippen LogP contribution in [0, 0.1) is 0 Å². The molecule has 170 valence electrons. The summed E-state index contributed by atoms with van der Waals surface area (Å²) >= 11 is 5.88. The maximum absolute atomic E-state index is 12.5. The number of halogens is 1. The summed E-state index contributed by atoms with van der Waals surface area (Å²) in [5.74, 6) is -1.27. The standard InChI is InChI=1S/C24H29ClN4O3/c1-28-9-8-19-14-18(4-7-21(19)28)22(29-10-12-32-13-11-29)16-27-24(31)23(30)26-15-17-2-5-20(25)6-3-17/h2-7,14,22H,8-13,15-16H2,1H3,(H,26,30)(H,27,31). The highest BCUT2D eigenvalue weighted by Crippen LogP contribution is 2.31. The number of ether oxygens (including phenoxy) is 1. The van der Waals surface area contributed by atoms with Crippen molar-refractivity contribution in [2.24, 2.45) is 0 Å². The maximum atomic E-state index is 12.5. The Hall–Kier alpha value is -2.61. The number of anilines is 1. The van der Waals surface area contributed by atoms with Gasteiger partial charge in [0.25, 0.3) is 0 Å². The molecular formula is C24H29ClN4O3. The molecule has 0 aliphatic carbocycles. The van der Waals surface area contributed by atoms with E-state index in [0.717, 1.165) is 37.2 Å². The molecule has 2 aromatic carbocycles. The number of likely N-dealkylation sites (N-methyl/N-ethyl adjacent to an activating group) is 1. The average Bonchev–Trinajstić information content (AvgIpc) is 3.19. The van der Waals surface area contributed by atoms with Gasteiger partial charge in [-0.05, 0) is 41.3 Å². The number of nitrogens with one attached hydrogen (secondary N) is 2. The lowest BCUT2D eigenvalue weighted by Gasteiger charge is -2.35. The Kier molecular flexibility index (Phi) is 7.29. The second-order valence-electron chi connectivity index (χ2n) is 8.24. The molecule has 1 atom stereocenters. The van der Waals surface area contributed by atoms with Gasteiger partial charge >= 0.3 is 11.8 Å². The van der Waals surface area contributed by atoms with Crippen molar-refractivity contribution in [3.63, 3.8) is 0 Å². The predicted molar refractivity (Wildman–Crippen MR) is 125 cm³/mol. The van der Waals surface area contributed by atoms with E-state index in [2.05, 4.69) is 45.7 Å². The zero-order valence-corrected chi connectivity index (χ0v) is 19.0. The molecule has 1 fully saturated rings. The summed E-state index contributed by atoms with van der Waals surface area (Å²) < 4.78 is 5.51. The Labute approximate surface area is 193 Å². The predicted octanol–water partition coefficient (Wildman–Crippen LogP) is 2.14. The molecule has 0 bridgehead atoms. The number of benzene rings is 2. The molecule has 0 spiro atoms. The van der Waals surface area contributed by atoms with Gasteiger partial charge in [0.05, 0.1) is 19.3 Å². The Morgan fingerprint density at radius 3 is 2.50 bits per heavy atom. The highest BCUT2D eigenvalue weighted by Gasteiger charge is 2.26. The SMILES string of the molecule is CN1CCc2cc(C(CNC(=O)C(=O)NCc3ccc(Cl)cc3)N3CCOCC3)ccc21. The quantitative estimate of drug-likeness (QED) is 0.651. The summed E-state index contributed by atoms with van der Waals surface area (Å²) in [6.07, 6.45) is 1.02. The van der Waals surface area contributed by atoms with Crippen LogP contribution in [-0.2, 0) is 27.3 Å². The Balaban J connectivity index is 1.39. The fourth-order valence-electron chi connectivity index (χ4n) is 4.28. The molecule has 0 saturated carbocycles. The molecule has 1 unspecified atom stereocenters. The Morgan fingerprint density at radius 1 is 1.03 bits per heavy atom. The number of carbonyl (C=O) groups excluding carboxylic acids is 2. The third kappa shape index (κ3) is 5.41. The number of nitrogens with zero attached hydrogens (tertiary/aromatic N) is 2. The lowest BCUT2D eigenvalue weighted by molar-refractivity contribution is -0.139. The lowest BCUT2D eigenvalue weighted by atomic mass is 10.0. The first-order valence-corrected chi connectivity index (χ1v) is 11.4. The van der Waals surface area contributed by atoms with E-state index < -0.39 is 11.8 Å². The van der Waals surface area contributed by atoms with Gasteiger partial charge in [-0.1, -0.05) is 35.9 Å². The maximum Gasteiger partial charge on any atom is 0.309 e. The molecule has 0 aromatic heterocycles. The van der Waals surface area contributed by atoms with E-state index in [4.69, 9.17) is 16.3 Å². The van der Waals surface area contributed by atoms with E-state index in [1.807, 2.05) is 12.1 Å². The van der Waals surface area contributed by atoms with Gasteiger partial charge in [0.2, 0.25) is 0 Å². The van der Waals surface area contributed by atoms with Crippen molar-refractivity contribution in [2.45, 2.75) is 19.0 Å². The van der Waals surface area contributed by atoms with Crippen molar-refractivity contribution < 1.29 is 14.3 Å². The van der Waals surface area contributed by atoms with Crippen LogP contribution in [0.5, 0.6) is 0 Å². The Morgan fingerprint density at radius 2 is 1.75 bits per heavy atom. The van der Waals surface area contributed by atoms with E-state index in [1.54, 1.807) is 12.1 Å². The van der Waals surface area contributed by atoms with Gasteiger partial charge in [-0.3, -0.25) is 14.5 Å². The van der Waals surface area contributed by atoms with Crippen LogP contribution >= 0.6 is 11.6 Å². The van der Waals surface area contributed by atoms with Gasteiger partial charge in [-0.15, -0.1) is 0 Å². The molecule has 0 radical (unpaired) electrons. The fraction of sp³-hybridized carbons (Fsp3) is 0.417. The monoisotopic (exact) mass is 456 g/mol. The number of morpholine rings is 1. The van der Waals surface area contributed by atoms with Gasteiger partial charge in [0, 0.05) is 50.5 Å². The summed E-state index contributed by atoms with van der Waals surface area (Å²) in [4.78, 5) is 29.4. The first-order valence-electron chi connectivity index (χ1n) is 11.0. The highest BCUT2D eigenvalue weighted by atomic mass is 35.5. The summed E-state index contributed by atoms with van der Waals surface area (Å²) in [5, 5.41) is 6.13. The van der Waals surface area contributed by atoms with Gasteiger partial charge in [0.15, 0.2) is 0 Å².